The summed E-state index contributed by atoms with van der Waals surface area (Å²) in [5, 5.41) is 4.96. The van der Waals surface area contributed by atoms with E-state index in [4.69, 9.17) is 28.9 Å². The molecule has 5 nitrogen and oxygen atoms in total. The minimum atomic E-state index is -0.527. The Morgan fingerprint density at radius 1 is 1.47 bits per heavy atom. The smallest absolute Gasteiger partial charge is 0.343 e. The topological polar surface area (TPSA) is 70.1 Å². The van der Waals surface area contributed by atoms with Crippen LogP contribution in [0.2, 0.25) is 10.0 Å². The molecule has 0 spiro atoms. The van der Waals surface area contributed by atoms with Gasteiger partial charge in [0.25, 0.3) is 0 Å². The second kappa shape index (κ2) is 5.50. The summed E-state index contributed by atoms with van der Waals surface area (Å²) in [5.41, 5.74) is 6.66. The van der Waals surface area contributed by atoms with E-state index in [1.807, 2.05) is 6.07 Å². The highest BCUT2D eigenvalue weighted by molar-refractivity contribution is 6.42. The number of benzene rings is 1. The van der Waals surface area contributed by atoms with E-state index in [0.29, 0.717) is 16.6 Å². The second-order valence-corrected chi connectivity index (χ2v) is 4.62. The van der Waals surface area contributed by atoms with Gasteiger partial charge in [-0.25, -0.2) is 4.79 Å². The van der Waals surface area contributed by atoms with Gasteiger partial charge >= 0.3 is 5.97 Å². The molecule has 0 aliphatic carbocycles. The van der Waals surface area contributed by atoms with Gasteiger partial charge in [-0.15, -0.1) is 0 Å². The van der Waals surface area contributed by atoms with Gasteiger partial charge in [-0.05, 0) is 11.6 Å². The third kappa shape index (κ3) is 2.83. The molecule has 100 valence electrons. The minimum Gasteiger partial charge on any atom is -0.465 e. The molecule has 19 heavy (non-hydrogen) atoms. The summed E-state index contributed by atoms with van der Waals surface area (Å²) in [6.45, 7) is 0.362. The van der Waals surface area contributed by atoms with Gasteiger partial charge in [0.15, 0.2) is 5.82 Å². The zero-order valence-electron chi connectivity index (χ0n) is 10.1. The van der Waals surface area contributed by atoms with Crippen molar-refractivity contribution < 1.29 is 9.53 Å². The monoisotopic (exact) mass is 299 g/mol. The van der Waals surface area contributed by atoms with Crippen LogP contribution < -0.4 is 5.73 Å². The molecule has 0 fully saturated rings. The number of esters is 1. The van der Waals surface area contributed by atoms with Crippen molar-refractivity contribution in [1.82, 2.24) is 9.78 Å². The minimum absolute atomic E-state index is 0.116. The van der Waals surface area contributed by atoms with Gasteiger partial charge in [-0.1, -0.05) is 35.3 Å². The number of nitrogens with zero attached hydrogens (tertiary/aromatic N) is 2. The van der Waals surface area contributed by atoms with Crippen LogP contribution in [0.3, 0.4) is 0 Å². The number of nitrogen functional groups attached to an aromatic ring is 1. The van der Waals surface area contributed by atoms with Crippen LogP contribution in [0.1, 0.15) is 15.9 Å². The van der Waals surface area contributed by atoms with E-state index in [1.54, 1.807) is 12.1 Å². The Balaban J connectivity index is 2.29. The number of hydrogen-bond donors (Lipinski definition) is 1. The number of carbonyl (C=O) groups is 1. The molecule has 7 heteroatoms. The van der Waals surface area contributed by atoms with Crippen molar-refractivity contribution in [2.24, 2.45) is 0 Å². The van der Waals surface area contributed by atoms with Crippen molar-refractivity contribution in [3.05, 3.63) is 45.6 Å². The van der Waals surface area contributed by atoms with Crippen LogP contribution >= 0.6 is 23.2 Å². The van der Waals surface area contributed by atoms with E-state index < -0.39 is 5.97 Å². The first-order chi connectivity index (χ1) is 9.02. The molecular weight excluding hydrogens is 289 g/mol. The normalized spacial score (nSPS) is 10.5. The van der Waals surface area contributed by atoms with Crippen LogP contribution in [0.15, 0.2) is 24.4 Å². The van der Waals surface area contributed by atoms with E-state index in [2.05, 4.69) is 9.84 Å². The van der Waals surface area contributed by atoms with Crippen LogP contribution in [0, 0.1) is 0 Å². The molecule has 0 unspecified atom stereocenters. The standard InChI is InChI=1S/C12H11Cl2N3O2/c1-19-12(18)8-6-17(16-11(8)15)5-7-3-2-4-9(13)10(7)14/h2-4,6H,5H2,1H3,(H2,15,16). The molecule has 1 aromatic carbocycles. The number of anilines is 1. The maximum absolute atomic E-state index is 11.4. The summed E-state index contributed by atoms with van der Waals surface area (Å²) >= 11 is 12.0. The molecule has 0 bridgehead atoms. The summed E-state index contributed by atoms with van der Waals surface area (Å²) in [4.78, 5) is 11.4. The molecule has 0 aliphatic heterocycles. The lowest BCUT2D eigenvalue weighted by molar-refractivity contribution is 0.0602. The fourth-order valence-corrected chi connectivity index (χ4v) is 2.01. The SMILES string of the molecule is COC(=O)c1cn(Cc2cccc(Cl)c2Cl)nc1N. The number of aromatic nitrogens is 2. The quantitative estimate of drug-likeness (QED) is 0.885. The molecule has 2 N–H and O–H groups in total. The molecule has 0 radical (unpaired) electrons. The number of nitrogens with two attached hydrogens (primary N) is 1. The largest absolute Gasteiger partial charge is 0.465 e. The summed E-state index contributed by atoms with van der Waals surface area (Å²) in [6, 6.07) is 5.31. The van der Waals surface area contributed by atoms with Crippen LogP contribution in [-0.2, 0) is 11.3 Å². The highest BCUT2D eigenvalue weighted by Gasteiger charge is 2.15. The number of rotatable bonds is 3. The van der Waals surface area contributed by atoms with Crippen molar-refractivity contribution in [2.45, 2.75) is 6.54 Å². The number of methoxy groups -OCH3 is 1. The molecule has 0 saturated carbocycles. The van der Waals surface area contributed by atoms with Crippen LogP contribution in [0.4, 0.5) is 5.82 Å². The highest BCUT2D eigenvalue weighted by atomic mass is 35.5. The third-order valence-electron chi connectivity index (χ3n) is 2.56. The van der Waals surface area contributed by atoms with Gasteiger partial charge in [0.2, 0.25) is 0 Å². The van der Waals surface area contributed by atoms with Crippen molar-refractivity contribution in [2.75, 3.05) is 12.8 Å². The Hall–Kier alpha value is -1.72. The van der Waals surface area contributed by atoms with Gasteiger partial charge in [-0.2, -0.15) is 5.10 Å². The highest BCUT2D eigenvalue weighted by Crippen LogP contribution is 2.26. The van der Waals surface area contributed by atoms with E-state index in [0.717, 1.165) is 5.56 Å². The van der Waals surface area contributed by atoms with Crippen molar-refractivity contribution in [1.29, 1.82) is 0 Å². The maximum Gasteiger partial charge on any atom is 0.343 e. The van der Waals surface area contributed by atoms with E-state index >= 15 is 0 Å². The molecule has 2 aromatic rings. The number of halogens is 2. The zero-order valence-corrected chi connectivity index (χ0v) is 11.6. The first-order valence-corrected chi connectivity index (χ1v) is 6.12. The average Bonchev–Trinajstić information content (AvgIpc) is 2.75. The number of ether oxygens (including phenoxy) is 1. The molecule has 0 saturated heterocycles. The molecule has 2 rings (SSSR count). The molecule has 0 atom stereocenters. The van der Waals surface area contributed by atoms with Crippen molar-refractivity contribution >= 4 is 35.0 Å². The fourth-order valence-electron chi connectivity index (χ4n) is 1.63. The predicted molar refractivity (Wildman–Crippen MR) is 73.5 cm³/mol. The molecule has 0 amide bonds. The van der Waals surface area contributed by atoms with Gasteiger partial charge in [0.05, 0.1) is 23.7 Å². The van der Waals surface area contributed by atoms with Gasteiger partial charge in [0.1, 0.15) is 5.56 Å². The Kier molecular flexibility index (Phi) is 3.97. The lowest BCUT2D eigenvalue weighted by Crippen LogP contribution is -2.02. The number of carbonyl (C=O) groups excluding carboxylic acids is 1. The first-order valence-electron chi connectivity index (χ1n) is 5.37. The van der Waals surface area contributed by atoms with E-state index in [9.17, 15) is 4.79 Å². The second-order valence-electron chi connectivity index (χ2n) is 3.83. The average molecular weight is 300 g/mol. The molecular formula is C12H11Cl2N3O2. The molecule has 0 aliphatic rings. The maximum atomic E-state index is 11.4. The van der Waals surface area contributed by atoms with Crippen LogP contribution in [-0.4, -0.2) is 22.9 Å². The van der Waals surface area contributed by atoms with Crippen LogP contribution in [0.5, 0.6) is 0 Å². The zero-order chi connectivity index (χ0) is 14.0. The lowest BCUT2D eigenvalue weighted by atomic mass is 10.2. The van der Waals surface area contributed by atoms with Crippen molar-refractivity contribution in [3.63, 3.8) is 0 Å². The first kappa shape index (κ1) is 13.7. The van der Waals surface area contributed by atoms with E-state index in [-0.39, 0.29) is 11.4 Å². The fraction of sp³-hybridized carbons (Fsp3) is 0.167. The van der Waals surface area contributed by atoms with Crippen LogP contribution in [0.25, 0.3) is 0 Å². The predicted octanol–water partition coefficient (Wildman–Crippen LogP) is 2.61. The molecule has 1 heterocycles. The van der Waals surface area contributed by atoms with Crippen molar-refractivity contribution in [3.8, 4) is 0 Å². The Morgan fingerprint density at radius 3 is 2.89 bits per heavy atom. The summed E-state index contributed by atoms with van der Waals surface area (Å²) < 4.78 is 6.12. The summed E-state index contributed by atoms with van der Waals surface area (Å²) in [6.07, 6.45) is 1.51. The Morgan fingerprint density at radius 2 is 2.21 bits per heavy atom. The summed E-state index contributed by atoms with van der Waals surface area (Å²) in [7, 11) is 1.28. The van der Waals surface area contributed by atoms with Gasteiger partial charge < -0.3 is 10.5 Å². The van der Waals surface area contributed by atoms with Gasteiger partial charge in [-0.3, -0.25) is 4.68 Å². The molecule has 1 aromatic heterocycles. The number of hydrogen-bond acceptors (Lipinski definition) is 4. The Bertz CT molecular complexity index is 625. The third-order valence-corrected chi connectivity index (χ3v) is 3.42. The Labute approximate surface area is 119 Å². The lowest BCUT2D eigenvalue weighted by Gasteiger charge is -2.05. The van der Waals surface area contributed by atoms with Gasteiger partial charge in [0, 0.05) is 6.20 Å². The van der Waals surface area contributed by atoms with E-state index in [1.165, 1.54) is 18.0 Å². The summed E-state index contributed by atoms with van der Waals surface area (Å²) in [5.74, 6) is -0.411.